The van der Waals surface area contributed by atoms with Gasteiger partial charge in [-0.25, -0.2) is 0 Å². The quantitative estimate of drug-likeness (QED) is 0.838. The maximum Gasteiger partial charge on any atom is 0.227 e. The highest BCUT2D eigenvalue weighted by Crippen LogP contribution is 2.12. The van der Waals surface area contributed by atoms with Crippen LogP contribution in [-0.2, 0) is 11.2 Å². The van der Waals surface area contributed by atoms with Crippen LogP contribution in [0.5, 0.6) is 0 Å². The first kappa shape index (κ1) is 14.0. The fraction of sp³-hybridized carbons (Fsp3) is 0.533. The summed E-state index contributed by atoms with van der Waals surface area (Å²) in [5, 5.41) is 3.28. The predicted octanol–water partition coefficient (Wildman–Crippen LogP) is 0.605. The first-order chi connectivity index (χ1) is 9.11. The van der Waals surface area contributed by atoms with E-state index in [0.717, 1.165) is 25.2 Å². The Balaban J connectivity index is 2.05. The molecule has 19 heavy (non-hydrogen) atoms. The zero-order chi connectivity index (χ0) is 13.8. The van der Waals surface area contributed by atoms with Gasteiger partial charge in [-0.3, -0.25) is 4.79 Å². The molecule has 1 atom stereocenters. The minimum atomic E-state index is 0.132. The molecule has 1 aliphatic heterocycles. The van der Waals surface area contributed by atoms with Gasteiger partial charge in [-0.2, -0.15) is 0 Å². The van der Waals surface area contributed by atoms with Crippen LogP contribution in [0.25, 0.3) is 0 Å². The highest BCUT2D eigenvalue weighted by atomic mass is 16.2. The lowest BCUT2D eigenvalue weighted by molar-refractivity contribution is -0.133. The molecular weight excluding hydrogens is 238 g/mol. The highest BCUT2D eigenvalue weighted by molar-refractivity contribution is 5.79. The van der Waals surface area contributed by atoms with Crippen LogP contribution in [0.3, 0.4) is 0 Å². The molecular formula is C15H23N3O. The van der Waals surface area contributed by atoms with E-state index in [1.54, 1.807) is 0 Å². The molecule has 0 aliphatic carbocycles. The third-order valence-corrected chi connectivity index (χ3v) is 3.87. The molecule has 3 N–H and O–H groups in total. The molecule has 0 aromatic heterocycles. The van der Waals surface area contributed by atoms with Crippen LogP contribution in [0.2, 0.25) is 0 Å². The molecule has 1 saturated heterocycles. The first-order valence-electron chi connectivity index (χ1n) is 6.88. The van der Waals surface area contributed by atoms with Crippen molar-refractivity contribution in [3.63, 3.8) is 0 Å². The lowest BCUT2D eigenvalue weighted by Crippen LogP contribution is -2.56. The summed E-state index contributed by atoms with van der Waals surface area (Å²) in [5.41, 5.74) is 9.32. The molecule has 4 nitrogen and oxygen atoms in total. The summed E-state index contributed by atoms with van der Waals surface area (Å²) in [6, 6.07) is 6.36. The van der Waals surface area contributed by atoms with E-state index < -0.39 is 0 Å². The van der Waals surface area contributed by atoms with Crippen molar-refractivity contribution in [2.75, 3.05) is 26.2 Å². The summed E-state index contributed by atoms with van der Waals surface area (Å²) in [6.45, 7) is 7.10. The van der Waals surface area contributed by atoms with Gasteiger partial charge in [0.2, 0.25) is 5.91 Å². The zero-order valence-corrected chi connectivity index (χ0v) is 11.8. The van der Waals surface area contributed by atoms with E-state index in [2.05, 4.69) is 31.3 Å². The minimum Gasteiger partial charge on any atom is -0.336 e. The Morgan fingerprint density at radius 2 is 2.21 bits per heavy atom. The molecule has 1 fully saturated rings. The second-order valence-corrected chi connectivity index (χ2v) is 5.28. The number of benzene rings is 1. The summed E-state index contributed by atoms with van der Waals surface area (Å²) in [4.78, 5) is 14.3. The third kappa shape index (κ3) is 3.33. The molecule has 0 spiro atoms. The standard InChI is InChI=1S/C15H23N3O/c1-11-3-4-13(7-12(11)2)8-15(19)18-6-5-17-10-14(18)9-16/h3-4,7,14,17H,5-6,8-10,16H2,1-2H3. The van der Waals surface area contributed by atoms with Gasteiger partial charge in [-0.1, -0.05) is 18.2 Å². The van der Waals surface area contributed by atoms with Gasteiger partial charge in [-0.05, 0) is 30.5 Å². The van der Waals surface area contributed by atoms with Crippen molar-refractivity contribution in [2.24, 2.45) is 5.73 Å². The van der Waals surface area contributed by atoms with Crippen molar-refractivity contribution < 1.29 is 4.79 Å². The van der Waals surface area contributed by atoms with Gasteiger partial charge in [0.1, 0.15) is 0 Å². The Labute approximate surface area is 115 Å². The number of hydrogen-bond donors (Lipinski definition) is 2. The zero-order valence-electron chi connectivity index (χ0n) is 11.8. The monoisotopic (exact) mass is 261 g/mol. The Bertz CT molecular complexity index is 459. The molecule has 1 aromatic rings. The number of nitrogens with zero attached hydrogens (tertiary/aromatic N) is 1. The van der Waals surface area contributed by atoms with E-state index in [1.165, 1.54) is 11.1 Å². The molecule has 0 bridgehead atoms. The number of piperazine rings is 1. The number of nitrogens with one attached hydrogen (secondary N) is 1. The summed E-state index contributed by atoms with van der Waals surface area (Å²) in [7, 11) is 0. The van der Waals surface area contributed by atoms with Crippen LogP contribution in [0.1, 0.15) is 16.7 Å². The Morgan fingerprint density at radius 3 is 2.89 bits per heavy atom. The second-order valence-electron chi connectivity index (χ2n) is 5.28. The van der Waals surface area contributed by atoms with Crippen molar-refractivity contribution in [1.29, 1.82) is 0 Å². The molecule has 104 valence electrons. The maximum absolute atomic E-state index is 12.4. The molecule has 0 radical (unpaired) electrons. The molecule has 2 rings (SSSR count). The normalized spacial score (nSPS) is 19.5. The summed E-state index contributed by atoms with van der Waals surface area (Å²) in [6.07, 6.45) is 0.470. The third-order valence-electron chi connectivity index (χ3n) is 3.87. The average Bonchev–Trinajstić information content (AvgIpc) is 2.43. The van der Waals surface area contributed by atoms with Crippen LogP contribution in [0, 0.1) is 13.8 Å². The number of carbonyl (C=O) groups excluding carboxylic acids is 1. The number of hydrogen-bond acceptors (Lipinski definition) is 3. The van der Waals surface area contributed by atoms with Gasteiger partial charge < -0.3 is 16.0 Å². The summed E-state index contributed by atoms with van der Waals surface area (Å²) in [5.74, 6) is 0.181. The number of rotatable bonds is 3. The molecule has 1 aliphatic rings. The van der Waals surface area contributed by atoms with E-state index in [9.17, 15) is 4.79 Å². The minimum absolute atomic E-state index is 0.132. The Hall–Kier alpha value is -1.39. The molecule has 0 saturated carbocycles. The summed E-state index contributed by atoms with van der Waals surface area (Å²) >= 11 is 0. The van der Waals surface area contributed by atoms with Crippen LogP contribution >= 0.6 is 0 Å². The van der Waals surface area contributed by atoms with Gasteiger partial charge in [-0.15, -0.1) is 0 Å². The number of nitrogens with two attached hydrogens (primary N) is 1. The van der Waals surface area contributed by atoms with Crippen molar-refractivity contribution >= 4 is 5.91 Å². The number of carbonyl (C=O) groups is 1. The average molecular weight is 261 g/mol. The highest BCUT2D eigenvalue weighted by Gasteiger charge is 2.25. The van der Waals surface area contributed by atoms with Crippen LogP contribution in [-0.4, -0.2) is 43.0 Å². The lowest BCUT2D eigenvalue weighted by Gasteiger charge is -2.35. The van der Waals surface area contributed by atoms with Crippen LogP contribution in [0.4, 0.5) is 0 Å². The van der Waals surface area contributed by atoms with E-state index >= 15 is 0 Å². The Morgan fingerprint density at radius 1 is 1.42 bits per heavy atom. The van der Waals surface area contributed by atoms with Gasteiger partial charge in [0.05, 0.1) is 12.5 Å². The Kier molecular flexibility index (Phi) is 4.56. The smallest absolute Gasteiger partial charge is 0.227 e. The SMILES string of the molecule is Cc1ccc(CC(=O)N2CCNCC2CN)cc1C. The van der Waals surface area contributed by atoms with E-state index in [4.69, 9.17) is 5.73 Å². The first-order valence-corrected chi connectivity index (χ1v) is 6.88. The molecule has 1 aromatic carbocycles. The maximum atomic E-state index is 12.4. The lowest BCUT2D eigenvalue weighted by atomic mass is 10.0. The predicted molar refractivity (Wildman–Crippen MR) is 77.0 cm³/mol. The van der Waals surface area contributed by atoms with Crippen molar-refractivity contribution in [1.82, 2.24) is 10.2 Å². The molecule has 1 unspecified atom stereocenters. The van der Waals surface area contributed by atoms with Gasteiger partial charge in [0.25, 0.3) is 0 Å². The van der Waals surface area contributed by atoms with Gasteiger partial charge >= 0.3 is 0 Å². The molecule has 1 heterocycles. The molecule has 1 amide bonds. The van der Waals surface area contributed by atoms with Crippen LogP contribution < -0.4 is 11.1 Å². The van der Waals surface area contributed by atoms with Crippen molar-refractivity contribution in [3.05, 3.63) is 34.9 Å². The molecule has 4 heteroatoms. The van der Waals surface area contributed by atoms with Gasteiger partial charge in [0.15, 0.2) is 0 Å². The second kappa shape index (κ2) is 6.17. The largest absolute Gasteiger partial charge is 0.336 e. The van der Waals surface area contributed by atoms with Crippen molar-refractivity contribution in [2.45, 2.75) is 26.3 Å². The van der Waals surface area contributed by atoms with Crippen LogP contribution in [0.15, 0.2) is 18.2 Å². The number of amides is 1. The number of aryl methyl sites for hydroxylation is 2. The van der Waals surface area contributed by atoms with E-state index in [1.807, 2.05) is 11.0 Å². The van der Waals surface area contributed by atoms with E-state index in [0.29, 0.717) is 13.0 Å². The van der Waals surface area contributed by atoms with E-state index in [-0.39, 0.29) is 11.9 Å². The topological polar surface area (TPSA) is 58.4 Å². The fourth-order valence-electron chi connectivity index (χ4n) is 2.49. The van der Waals surface area contributed by atoms with Gasteiger partial charge in [0, 0.05) is 26.2 Å². The summed E-state index contributed by atoms with van der Waals surface area (Å²) < 4.78 is 0. The van der Waals surface area contributed by atoms with Crippen molar-refractivity contribution in [3.8, 4) is 0 Å². The fourth-order valence-corrected chi connectivity index (χ4v) is 2.49.